The van der Waals surface area contributed by atoms with Crippen molar-refractivity contribution >= 4 is 42.4 Å². The van der Waals surface area contributed by atoms with Gasteiger partial charge in [0.2, 0.25) is 0 Å². The topological polar surface area (TPSA) is 79.8 Å². The molecule has 9 heteroatoms. The standard InChI is InChI=1S/C22H27N3O4S2/c1-5-31(27,28)18-10-7-16(8-11-18)21(26)25(14-6-13-24(2)3)22-23-19-12-9-17(29-4)15-20(19)30-22/h7-12,15H,5-6,13-14H2,1-4H3. The molecule has 2 aromatic carbocycles. The Balaban J connectivity index is 1.93. The summed E-state index contributed by atoms with van der Waals surface area (Å²) in [7, 11) is 2.28. The largest absolute Gasteiger partial charge is 0.497 e. The van der Waals surface area contributed by atoms with E-state index in [0.717, 1.165) is 28.9 Å². The van der Waals surface area contributed by atoms with E-state index >= 15 is 0 Å². The van der Waals surface area contributed by atoms with Crippen molar-refractivity contribution in [3.8, 4) is 5.75 Å². The third-order valence-electron chi connectivity index (χ3n) is 4.89. The fourth-order valence-electron chi connectivity index (χ4n) is 3.09. The van der Waals surface area contributed by atoms with E-state index < -0.39 is 9.84 Å². The first kappa shape index (κ1) is 23.2. The van der Waals surface area contributed by atoms with Crippen molar-refractivity contribution in [3.05, 3.63) is 48.0 Å². The Labute approximate surface area is 187 Å². The van der Waals surface area contributed by atoms with Crippen molar-refractivity contribution in [2.24, 2.45) is 0 Å². The van der Waals surface area contributed by atoms with Crippen LogP contribution in [-0.4, -0.2) is 64.3 Å². The van der Waals surface area contributed by atoms with Gasteiger partial charge in [-0.2, -0.15) is 0 Å². The molecule has 1 aromatic heterocycles. The maximum atomic E-state index is 13.4. The van der Waals surface area contributed by atoms with Gasteiger partial charge in [0.1, 0.15) is 5.75 Å². The number of benzene rings is 2. The summed E-state index contributed by atoms with van der Waals surface area (Å²) in [5, 5.41) is 0.609. The molecule has 0 aliphatic heterocycles. The van der Waals surface area contributed by atoms with Gasteiger partial charge in [-0.1, -0.05) is 18.3 Å². The van der Waals surface area contributed by atoms with Crippen molar-refractivity contribution in [1.82, 2.24) is 9.88 Å². The first-order valence-electron chi connectivity index (χ1n) is 9.99. The van der Waals surface area contributed by atoms with Gasteiger partial charge in [0, 0.05) is 12.1 Å². The SMILES string of the molecule is CCS(=O)(=O)c1ccc(C(=O)N(CCCN(C)C)c2nc3ccc(OC)cc3s2)cc1. The number of carbonyl (C=O) groups excluding carboxylic acids is 1. The predicted octanol–water partition coefficient (Wildman–Crippen LogP) is 3.70. The number of thiazole rings is 1. The molecule has 0 aliphatic carbocycles. The lowest BCUT2D eigenvalue weighted by Gasteiger charge is -2.21. The number of amides is 1. The molecule has 3 aromatic rings. The van der Waals surface area contributed by atoms with Crippen LogP contribution in [0.25, 0.3) is 10.2 Å². The molecule has 166 valence electrons. The molecule has 7 nitrogen and oxygen atoms in total. The maximum Gasteiger partial charge on any atom is 0.260 e. The first-order chi connectivity index (χ1) is 14.7. The molecule has 1 heterocycles. The highest BCUT2D eigenvalue weighted by atomic mass is 32.2. The molecule has 0 fully saturated rings. The van der Waals surface area contributed by atoms with Crippen molar-refractivity contribution in [1.29, 1.82) is 0 Å². The van der Waals surface area contributed by atoms with E-state index in [4.69, 9.17) is 4.74 Å². The Morgan fingerprint density at radius 1 is 1.10 bits per heavy atom. The zero-order valence-electron chi connectivity index (χ0n) is 18.2. The summed E-state index contributed by atoms with van der Waals surface area (Å²) in [5.74, 6) is 0.553. The summed E-state index contributed by atoms with van der Waals surface area (Å²) >= 11 is 1.43. The molecular weight excluding hydrogens is 434 g/mol. The van der Waals surface area contributed by atoms with Crippen LogP contribution in [0.5, 0.6) is 5.75 Å². The first-order valence-corrected chi connectivity index (χ1v) is 12.5. The smallest absolute Gasteiger partial charge is 0.260 e. The number of carbonyl (C=O) groups is 1. The fourth-order valence-corrected chi connectivity index (χ4v) is 4.99. The Kier molecular flexibility index (Phi) is 7.30. The van der Waals surface area contributed by atoms with E-state index in [9.17, 15) is 13.2 Å². The highest BCUT2D eigenvalue weighted by molar-refractivity contribution is 7.91. The van der Waals surface area contributed by atoms with E-state index in [1.165, 1.54) is 23.5 Å². The zero-order valence-corrected chi connectivity index (χ0v) is 19.8. The molecule has 0 saturated heterocycles. The second kappa shape index (κ2) is 9.76. The molecule has 0 aliphatic rings. The molecule has 3 rings (SSSR count). The number of sulfone groups is 1. The van der Waals surface area contributed by atoms with Crippen LogP contribution in [0.4, 0.5) is 5.13 Å². The van der Waals surface area contributed by atoms with Crippen molar-refractivity contribution in [2.75, 3.05) is 44.9 Å². The summed E-state index contributed by atoms with van der Waals surface area (Å²) in [5.41, 5.74) is 1.23. The average Bonchev–Trinajstić information content (AvgIpc) is 3.19. The summed E-state index contributed by atoms with van der Waals surface area (Å²) < 4.78 is 30.4. The van der Waals surface area contributed by atoms with Crippen molar-refractivity contribution < 1.29 is 17.9 Å². The van der Waals surface area contributed by atoms with Gasteiger partial charge in [0.05, 0.1) is 28.0 Å². The lowest BCUT2D eigenvalue weighted by Crippen LogP contribution is -2.33. The second-order valence-electron chi connectivity index (χ2n) is 7.37. The van der Waals surface area contributed by atoms with Gasteiger partial charge in [0.15, 0.2) is 15.0 Å². The normalized spacial score (nSPS) is 11.8. The Morgan fingerprint density at radius 2 is 1.81 bits per heavy atom. The minimum absolute atomic E-state index is 0.0200. The number of methoxy groups -OCH3 is 1. The van der Waals surface area contributed by atoms with Crippen LogP contribution in [-0.2, 0) is 9.84 Å². The molecule has 0 unspecified atom stereocenters. The molecule has 0 N–H and O–H groups in total. The van der Waals surface area contributed by atoms with E-state index in [-0.39, 0.29) is 16.6 Å². The van der Waals surface area contributed by atoms with Crippen LogP contribution in [0.2, 0.25) is 0 Å². The van der Waals surface area contributed by atoms with E-state index in [1.807, 2.05) is 32.3 Å². The Hall–Kier alpha value is -2.49. The minimum Gasteiger partial charge on any atom is -0.497 e. The number of rotatable bonds is 9. The molecule has 0 atom stereocenters. The number of fused-ring (bicyclic) bond motifs is 1. The average molecular weight is 462 g/mol. The summed E-state index contributed by atoms with van der Waals surface area (Å²) in [6, 6.07) is 11.8. The Morgan fingerprint density at radius 3 is 2.42 bits per heavy atom. The van der Waals surface area contributed by atoms with Crippen LogP contribution in [0.1, 0.15) is 23.7 Å². The van der Waals surface area contributed by atoms with E-state index in [1.54, 1.807) is 31.1 Å². The third-order valence-corrected chi connectivity index (χ3v) is 7.68. The number of hydrogen-bond acceptors (Lipinski definition) is 7. The highest BCUT2D eigenvalue weighted by Crippen LogP contribution is 2.32. The number of ether oxygens (including phenoxy) is 1. The van der Waals surface area contributed by atoms with E-state index in [2.05, 4.69) is 9.88 Å². The molecular formula is C22H27N3O4S2. The molecule has 0 bridgehead atoms. The predicted molar refractivity (Wildman–Crippen MR) is 125 cm³/mol. The lowest BCUT2D eigenvalue weighted by atomic mass is 10.2. The van der Waals surface area contributed by atoms with Crippen LogP contribution >= 0.6 is 11.3 Å². The number of nitrogens with zero attached hydrogens (tertiary/aromatic N) is 3. The lowest BCUT2D eigenvalue weighted by molar-refractivity contribution is 0.0986. The van der Waals surface area contributed by atoms with Crippen LogP contribution in [0, 0.1) is 0 Å². The number of anilines is 1. The number of aromatic nitrogens is 1. The Bertz CT molecular complexity index is 1160. The summed E-state index contributed by atoms with van der Waals surface area (Å²) in [4.78, 5) is 22.0. The van der Waals surface area contributed by atoms with E-state index in [0.29, 0.717) is 17.2 Å². The highest BCUT2D eigenvalue weighted by Gasteiger charge is 2.22. The van der Waals surface area contributed by atoms with Crippen molar-refractivity contribution in [2.45, 2.75) is 18.2 Å². The van der Waals surface area contributed by atoms with Gasteiger partial charge < -0.3 is 9.64 Å². The molecule has 0 radical (unpaired) electrons. The zero-order chi connectivity index (χ0) is 22.6. The minimum atomic E-state index is -3.31. The molecule has 0 spiro atoms. The fraction of sp³-hybridized carbons (Fsp3) is 0.364. The van der Waals surface area contributed by atoms with Gasteiger partial charge in [0.25, 0.3) is 5.91 Å². The van der Waals surface area contributed by atoms with Gasteiger partial charge >= 0.3 is 0 Å². The quantitative estimate of drug-likeness (QED) is 0.483. The molecule has 0 saturated carbocycles. The summed E-state index contributed by atoms with van der Waals surface area (Å²) in [6.07, 6.45) is 0.778. The van der Waals surface area contributed by atoms with Crippen molar-refractivity contribution in [3.63, 3.8) is 0 Å². The maximum absolute atomic E-state index is 13.4. The van der Waals surface area contributed by atoms with Gasteiger partial charge in [-0.25, -0.2) is 13.4 Å². The van der Waals surface area contributed by atoms with Crippen LogP contribution in [0.3, 0.4) is 0 Å². The van der Waals surface area contributed by atoms with Crippen LogP contribution < -0.4 is 9.64 Å². The summed E-state index contributed by atoms with van der Waals surface area (Å²) in [6.45, 7) is 2.93. The molecule has 31 heavy (non-hydrogen) atoms. The van der Waals surface area contributed by atoms with Gasteiger partial charge in [-0.05, 0) is 69.5 Å². The van der Waals surface area contributed by atoms with Gasteiger partial charge in [-0.3, -0.25) is 9.69 Å². The third kappa shape index (κ3) is 5.41. The second-order valence-corrected chi connectivity index (χ2v) is 10.7. The molecule has 1 amide bonds. The monoisotopic (exact) mass is 461 g/mol. The van der Waals surface area contributed by atoms with Gasteiger partial charge in [-0.15, -0.1) is 0 Å². The van der Waals surface area contributed by atoms with Crippen LogP contribution in [0.15, 0.2) is 47.4 Å². The number of hydrogen-bond donors (Lipinski definition) is 0.